The van der Waals surface area contributed by atoms with Crippen LogP contribution in [-0.4, -0.2) is 80.6 Å². The Hall–Kier alpha value is -2.05. The number of aldehydes is 1. The number of anilines is 1. The molecule has 5 N–H and O–H groups in total. The summed E-state index contributed by atoms with van der Waals surface area (Å²) in [5.74, 6) is -0.228. The zero-order valence-corrected chi connectivity index (χ0v) is 13.0. The summed E-state index contributed by atoms with van der Waals surface area (Å²) in [5.41, 5.74) is -1.03. The van der Waals surface area contributed by atoms with Gasteiger partial charge >= 0.3 is 6.01 Å². The van der Waals surface area contributed by atoms with Gasteiger partial charge in [0.05, 0.1) is 13.7 Å². The first-order chi connectivity index (χ1) is 11.3. The molecule has 0 amide bonds. The van der Waals surface area contributed by atoms with E-state index >= 15 is 0 Å². The molecule has 1 aromatic heterocycles. The molecule has 0 aliphatic carbocycles. The number of carbonyl (C=O) groups is 1. The number of rotatable bonds is 5. The molecule has 0 saturated carbocycles. The first-order valence-corrected chi connectivity index (χ1v) is 7.03. The lowest BCUT2D eigenvalue weighted by molar-refractivity contribution is -0.221. The van der Waals surface area contributed by atoms with Gasteiger partial charge in [0, 0.05) is 7.05 Å². The first-order valence-electron chi connectivity index (χ1n) is 7.03. The predicted molar refractivity (Wildman–Crippen MR) is 78.8 cm³/mol. The lowest BCUT2D eigenvalue weighted by Crippen LogP contribution is -2.60. The zero-order chi connectivity index (χ0) is 18.0. The molecule has 0 bridgehead atoms. The first kappa shape index (κ1) is 18.3. The molecule has 5 atom stereocenters. The number of carbonyl (C=O) groups excluding carboxylic acids is 1. The van der Waals surface area contributed by atoms with E-state index < -0.39 is 42.8 Å². The van der Waals surface area contributed by atoms with Crippen molar-refractivity contribution in [2.45, 2.75) is 30.6 Å². The fourth-order valence-electron chi connectivity index (χ4n) is 2.35. The molecule has 2 rings (SSSR count). The van der Waals surface area contributed by atoms with Crippen molar-refractivity contribution in [2.75, 3.05) is 19.0 Å². The number of nitrogens with zero attached hydrogens (tertiary/aromatic N) is 2. The molecule has 1 saturated heterocycles. The molecule has 1 aromatic rings. The fraction of sp³-hybridized carbons (Fsp3) is 0.615. The second kappa shape index (κ2) is 7.23. The monoisotopic (exact) mass is 345 g/mol. The van der Waals surface area contributed by atoms with Crippen molar-refractivity contribution < 1.29 is 34.7 Å². The summed E-state index contributed by atoms with van der Waals surface area (Å²) >= 11 is 0. The van der Waals surface area contributed by atoms with Crippen molar-refractivity contribution in [2.24, 2.45) is 7.05 Å². The van der Waals surface area contributed by atoms with Gasteiger partial charge in [0.15, 0.2) is 12.5 Å². The van der Waals surface area contributed by atoms with Crippen LogP contribution in [0.25, 0.3) is 0 Å². The third-order valence-electron chi connectivity index (χ3n) is 3.76. The minimum atomic E-state index is -1.61. The number of ether oxygens (including phenoxy) is 2. The van der Waals surface area contributed by atoms with Crippen LogP contribution in [0.5, 0.6) is 6.01 Å². The predicted octanol–water partition coefficient (Wildman–Crippen LogP) is -3.19. The van der Waals surface area contributed by atoms with Gasteiger partial charge < -0.3 is 35.2 Å². The molecular formula is C13H19N3O8. The number of aliphatic hydroxyl groups excluding tert-OH is 4. The highest BCUT2D eigenvalue weighted by Gasteiger charge is 2.43. The van der Waals surface area contributed by atoms with Crippen molar-refractivity contribution in [3.05, 3.63) is 15.9 Å². The van der Waals surface area contributed by atoms with Gasteiger partial charge in [0.25, 0.3) is 5.56 Å². The standard InChI is InChI=1S/C13H19N3O8/c1-16-12(22)5(3-17)10(15-13(16)23-2)14-11-9(21)8(20)7(19)6(4-18)24-11/h3,6-9,11,14,18-21H,4H2,1-2H3. The van der Waals surface area contributed by atoms with Gasteiger partial charge in [-0.15, -0.1) is 0 Å². The van der Waals surface area contributed by atoms with Crippen LogP contribution in [0.2, 0.25) is 0 Å². The Bertz CT molecular complexity index is 661. The Morgan fingerprint density at radius 3 is 2.54 bits per heavy atom. The molecule has 5 unspecified atom stereocenters. The zero-order valence-electron chi connectivity index (χ0n) is 13.0. The fourth-order valence-corrected chi connectivity index (χ4v) is 2.35. The number of aliphatic hydroxyl groups is 4. The molecular weight excluding hydrogens is 326 g/mol. The van der Waals surface area contributed by atoms with Crippen LogP contribution in [0.4, 0.5) is 5.82 Å². The van der Waals surface area contributed by atoms with Gasteiger partial charge in [-0.1, -0.05) is 0 Å². The van der Waals surface area contributed by atoms with Crippen LogP contribution in [0.1, 0.15) is 10.4 Å². The highest BCUT2D eigenvalue weighted by Crippen LogP contribution is 2.23. The van der Waals surface area contributed by atoms with Crippen molar-refractivity contribution in [3.63, 3.8) is 0 Å². The van der Waals surface area contributed by atoms with Gasteiger partial charge in [0.2, 0.25) is 0 Å². The molecule has 1 fully saturated rings. The average molecular weight is 345 g/mol. The maximum Gasteiger partial charge on any atom is 0.300 e. The average Bonchev–Trinajstić information content (AvgIpc) is 2.58. The van der Waals surface area contributed by atoms with Gasteiger partial charge in [-0.25, -0.2) is 0 Å². The maximum absolute atomic E-state index is 12.1. The Kier molecular flexibility index (Phi) is 5.51. The Labute approximate surface area is 136 Å². The summed E-state index contributed by atoms with van der Waals surface area (Å²) < 4.78 is 11.2. The third kappa shape index (κ3) is 3.12. The van der Waals surface area contributed by atoms with Crippen molar-refractivity contribution >= 4 is 12.1 Å². The quantitative estimate of drug-likeness (QED) is 0.344. The van der Waals surface area contributed by atoms with Gasteiger partial charge in [-0.3, -0.25) is 14.2 Å². The maximum atomic E-state index is 12.1. The largest absolute Gasteiger partial charge is 0.468 e. The van der Waals surface area contributed by atoms with Crippen LogP contribution < -0.4 is 15.6 Å². The minimum absolute atomic E-state index is 0.0994. The molecule has 134 valence electrons. The Balaban J connectivity index is 2.38. The molecule has 11 nitrogen and oxygen atoms in total. The molecule has 0 spiro atoms. The lowest BCUT2D eigenvalue weighted by Gasteiger charge is -2.40. The number of hydrogen-bond donors (Lipinski definition) is 5. The SMILES string of the molecule is COc1nc(NC2OC(CO)C(O)C(O)C2O)c(C=O)c(=O)n1C. The van der Waals surface area contributed by atoms with Crippen LogP contribution in [-0.2, 0) is 11.8 Å². The van der Waals surface area contributed by atoms with Crippen LogP contribution in [0.15, 0.2) is 4.79 Å². The van der Waals surface area contributed by atoms with E-state index in [1.807, 2.05) is 0 Å². The van der Waals surface area contributed by atoms with Crippen molar-refractivity contribution in [1.82, 2.24) is 9.55 Å². The van der Waals surface area contributed by atoms with Gasteiger partial charge in [-0.05, 0) is 0 Å². The minimum Gasteiger partial charge on any atom is -0.468 e. The summed E-state index contributed by atoms with van der Waals surface area (Å²) in [7, 11) is 2.64. The summed E-state index contributed by atoms with van der Waals surface area (Å²) in [5, 5.41) is 41.2. The van der Waals surface area contributed by atoms with E-state index in [2.05, 4.69) is 10.3 Å². The van der Waals surface area contributed by atoms with Crippen molar-refractivity contribution in [1.29, 1.82) is 0 Å². The van der Waals surface area contributed by atoms with Crippen LogP contribution in [0, 0.1) is 0 Å². The Morgan fingerprint density at radius 1 is 1.33 bits per heavy atom. The topological polar surface area (TPSA) is 163 Å². The van der Waals surface area contributed by atoms with E-state index in [9.17, 15) is 24.9 Å². The third-order valence-corrected chi connectivity index (χ3v) is 3.76. The highest BCUT2D eigenvalue weighted by atomic mass is 16.6. The molecule has 2 heterocycles. The van der Waals surface area contributed by atoms with Crippen molar-refractivity contribution in [3.8, 4) is 6.01 Å². The summed E-state index contributed by atoms with van der Waals surface area (Å²) in [6, 6.07) is -0.0994. The molecule has 0 aromatic carbocycles. The highest BCUT2D eigenvalue weighted by molar-refractivity contribution is 5.82. The summed E-state index contributed by atoms with van der Waals surface area (Å²) in [6.45, 7) is -0.614. The number of hydrogen-bond acceptors (Lipinski definition) is 10. The molecule has 11 heteroatoms. The van der Waals surface area contributed by atoms with Crippen LogP contribution in [0.3, 0.4) is 0 Å². The van der Waals surface area contributed by atoms with E-state index in [0.717, 1.165) is 4.57 Å². The lowest BCUT2D eigenvalue weighted by atomic mass is 9.98. The Morgan fingerprint density at radius 2 is 2.00 bits per heavy atom. The molecule has 1 aliphatic heterocycles. The van der Waals surface area contributed by atoms with E-state index in [0.29, 0.717) is 0 Å². The van der Waals surface area contributed by atoms with Crippen LogP contribution >= 0.6 is 0 Å². The molecule has 0 radical (unpaired) electrons. The van der Waals surface area contributed by atoms with Gasteiger partial charge in [-0.2, -0.15) is 4.98 Å². The van der Waals surface area contributed by atoms with E-state index in [1.165, 1.54) is 14.2 Å². The second-order valence-corrected chi connectivity index (χ2v) is 5.24. The second-order valence-electron chi connectivity index (χ2n) is 5.24. The van der Waals surface area contributed by atoms with E-state index in [1.54, 1.807) is 0 Å². The summed E-state index contributed by atoms with van der Waals surface area (Å²) in [6.07, 6.45) is -6.93. The van der Waals surface area contributed by atoms with E-state index in [-0.39, 0.29) is 23.7 Å². The number of aromatic nitrogens is 2. The molecule has 24 heavy (non-hydrogen) atoms. The summed E-state index contributed by atoms with van der Waals surface area (Å²) in [4.78, 5) is 27.2. The normalized spacial score (nSPS) is 30.0. The number of methoxy groups -OCH3 is 1. The van der Waals surface area contributed by atoms with E-state index in [4.69, 9.17) is 14.6 Å². The smallest absolute Gasteiger partial charge is 0.300 e. The number of nitrogens with one attached hydrogen (secondary N) is 1. The molecule has 1 aliphatic rings. The van der Waals surface area contributed by atoms with Gasteiger partial charge in [0.1, 0.15) is 35.8 Å².